The summed E-state index contributed by atoms with van der Waals surface area (Å²) < 4.78 is 7.43. The number of likely N-dealkylation sites (tertiary alicyclic amines) is 1. The summed E-state index contributed by atoms with van der Waals surface area (Å²) >= 11 is 6.28. The van der Waals surface area contributed by atoms with Gasteiger partial charge < -0.3 is 10.1 Å². The molecule has 1 N–H and O–H groups in total. The molecule has 9 heteroatoms. The van der Waals surface area contributed by atoms with E-state index in [2.05, 4.69) is 43.9 Å². The van der Waals surface area contributed by atoms with E-state index >= 15 is 0 Å². The van der Waals surface area contributed by atoms with Gasteiger partial charge in [-0.05, 0) is 45.3 Å². The summed E-state index contributed by atoms with van der Waals surface area (Å²) in [6.07, 6.45) is 2.21. The molecule has 0 spiro atoms. The van der Waals surface area contributed by atoms with Gasteiger partial charge in [0, 0.05) is 30.2 Å². The number of benzene rings is 3. The van der Waals surface area contributed by atoms with E-state index in [0.29, 0.717) is 31.1 Å². The minimum Gasteiger partial charge on any atom is -0.496 e. The molecule has 2 heterocycles. The number of carbonyl (C=O) groups excluding carboxylic acids is 1. The van der Waals surface area contributed by atoms with Crippen molar-refractivity contribution in [3.8, 4) is 5.75 Å². The molecule has 1 aliphatic rings. The third-order valence-corrected chi connectivity index (χ3v) is 6.78. The fourth-order valence-electron chi connectivity index (χ4n) is 4.67. The summed E-state index contributed by atoms with van der Waals surface area (Å²) in [6.45, 7) is 1.57. The van der Waals surface area contributed by atoms with Crippen LogP contribution in [-0.2, 0) is 17.9 Å². The number of hydrogen-bond donors (Lipinski definition) is 1. The number of methoxy groups -OCH3 is 1. The summed E-state index contributed by atoms with van der Waals surface area (Å²) in [6, 6.07) is 19.4. The molecule has 0 radical (unpaired) electrons. The summed E-state index contributed by atoms with van der Waals surface area (Å²) in [4.78, 5) is 15.6. The van der Waals surface area contributed by atoms with Gasteiger partial charge in [-0.15, -0.1) is 5.10 Å². The number of tetrazole rings is 1. The average molecular weight is 477 g/mol. The predicted molar refractivity (Wildman–Crippen MR) is 129 cm³/mol. The lowest BCUT2D eigenvalue weighted by Gasteiger charge is -2.25. The van der Waals surface area contributed by atoms with Gasteiger partial charge in [0.1, 0.15) is 12.1 Å². The van der Waals surface area contributed by atoms with Crippen LogP contribution in [0.2, 0.25) is 5.02 Å². The van der Waals surface area contributed by atoms with Crippen molar-refractivity contribution in [2.75, 3.05) is 13.7 Å². The second kappa shape index (κ2) is 9.79. The van der Waals surface area contributed by atoms with Gasteiger partial charge in [0.25, 0.3) is 0 Å². The van der Waals surface area contributed by atoms with Crippen molar-refractivity contribution >= 4 is 28.3 Å². The summed E-state index contributed by atoms with van der Waals surface area (Å²) in [7, 11) is 1.68. The number of hydrogen-bond acceptors (Lipinski definition) is 6. The zero-order chi connectivity index (χ0) is 23.5. The third-order valence-electron chi connectivity index (χ3n) is 6.41. The van der Waals surface area contributed by atoms with Gasteiger partial charge in [-0.3, -0.25) is 9.69 Å². The topological polar surface area (TPSA) is 85.2 Å². The number of aromatic nitrogens is 4. The van der Waals surface area contributed by atoms with Crippen molar-refractivity contribution in [2.24, 2.45) is 0 Å². The van der Waals surface area contributed by atoms with E-state index in [9.17, 15) is 4.79 Å². The first kappa shape index (κ1) is 22.3. The first-order valence-electron chi connectivity index (χ1n) is 11.2. The highest BCUT2D eigenvalue weighted by atomic mass is 35.5. The Balaban J connectivity index is 1.42. The van der Waals surface area contributed by atoms with Gasteiger partial charge >= 0.3 is 0 Å². The lowest BCUT2D eigenvalue weighted by Crippen LogP contribution is -2.42. The Morgan fingerprint density at radius 2 is 1.97 bits per heavy atom. The molecule has 0 unspecified atom stereocenters. The Labute approximate surface area is 202 Å². The van der Waals surface area contributed by atoms with Crippen LogP contribution >= 0.6 is 11.6 Å². The van der Waals surface area contributed by atoms with Crippen LogP contribution in [0.4, 0.5) is 0 Å². The fourth-order valence-corrected chi connectivity index (χ4v) is 4.87. The van der Waals surface area contributed by atoms with Crippen LogP contribution in [0.1, 0.15) is 23.6 Å². The molecule has 174 valence electrons. The summed E-state index contributed by atoms with van der Waals surface area (Å²) in [5.41, 5.74) is 1.94. The molecule has 4 aromatic rings. The number of nitrogens with zero attached hydrogens (tertiary/aromatic N) is 5. The third kappa shape index (κ3) is 4.47. The maximum atomic E-state index is 13.4. The lowest BCUT2D eigenvalue weighted by molar-refractivity contribution is -0.125. The van der Waals surface area contributed by atoms with Crippen molar-refractivity contribution in [1.82, 2.24) is 30.4 Å². The maximum absolute atomic E-state index is 13.4. The monoisotopic (exact) mass is 476 g/mol. The summed E-state index contributed by atoms with van der Waals surface area (Å²) in [5.74, 6) is 0.759. The number of ether oxygens (including phenoxy) is 1. The predicted octanol–water partition coefficient (Wildman–Crippen LogP) is 3.62. The fraction of sp³-hybridized carbons (Fsp3) is 0.280. The Morgan fingerprint density at radius 3 is 2.76 bits per heavy atom. The normalized spacial score (nSPS) is 18.3. The first-order chi connectivity index (χ1) is 16.6. The van der Waals surface area contributed by atoms with E-state index in [-0.39, 0.29) is 18.0 Å². The van der Waals surface area contributed by atoms with Gasteiger partial charge in [0.2, 0.25) is 5.91 Å². The molecule has 1 amide bonds. The summed E-state index contributed by atoms with van der Waals surface area (Å²) in [5, 5.41) is 17.6. The molecular formula is C25H25ClN6O2. The van der Waals surface area contributed by atoms with Crippen LogP contribution in [0.3, 0.4) is 0 Å². The average Bonchev–Trinajstić information content (AvgIpc) is 3.54. The first-order valence-corrected chi connectivity index (χ1v) is 11.5. The highest BCUT2D eigenvalue weighted by Gasteiger charge is 2.38. The Hall–Kier alpha value is -3.49. The van der Waals surface area contributed by atoms with Crippen molar-refractivity contribution in [2.45, 2.75) is 31.6 Å². The van der Waals surface area contributed by atoms with Gasteiger partial charge in [0.05, 0.1) is 19.2 Å². The molecule has 8 nitrogen and oxygen atoms in total. The number of carbonyl (C=O) groups is 1. The van der Waals surface area contributed by atoms with Crippen LogP contribution in [-0.4, -0.2) is 50.7 Å². The number of fused-ring (bicyclic) bond motifs is 1. The van der Waals surface area contributed by atoms with Gasteiger partial charge in [-0.25, -0.2) is 4.68 Å². The lowest BCUT2D eigenvalue weighted by atomic mass is 10.0. The molecule has 3 aromatic carbocycles. The number of rotatable bonds is 7. The largest absolute Gasteiger partial charge is 0.496 e. The van der Waals surface area contributed by atoms with Crippen LogP contribution in [0.5, 0.6) is 5.75 Å². The van der Waals surface area contributed by atoms with E-state index in [1.807, 2.05) is 42.5 Å². The van der Waals surface area contributed by atoms with Crippen molar-refractivity contribution < 1.29 is 9.53 Å². The molecule has 1 saturated heterocycles. The molecule has 2 atom stereocenters. The van der Waals surface area contributed by atoms with E-state index in [1.165, 1.54) is 0 Å². The van der Waals surface area contributed by atoms with Crippen LogP contribution in [0.15, 0.2) is 67.0 Å². The van der Waals surface area contributed by atoms with Crippen LogP contribution < -0.4 is 10.1 Å². The van der Waals surface area contributed by atoms with Crippen molar-refractivity contribution in [3.63, 3.8) is 0 Å². The highest BCUT2D eigenvalue weighted by Crippen LogP contribution is 2.34. The quantitative estimate of drug-likeness (QED) is 0.438. The molecule has 1 aliphatic heterocycles. The van der Waals surface area contributed by atoms with E-state index in [1.54, 1.807) is 18.1 Å². The zero-order valence-corrected chi connectivity index (χ0v) is 19.5. The van der Waals surface area contributed by atoms with Crippen molar-refractivity contribution in [3.05, 3.63) is 83.1 Å². The minimum atomic E-state index is -0.347. The molecule has 1 aromatic heterocycles. The minimum absolute atomic E-state index is 0.00738. The second-order valence-electron chi connectivity index (χ2n) is 8.40. The Morgan fingerprint density at radius 1 is 1.15 bits per heavy atom. The zero-order valence-electron chi connectivity index (χ0n) is 18.8. The SMILES string of the molecule is COc1ccc2ccccc2c1CN1C[C@H](n2cnnn2)C[C@H]1C(=O)NCc1ccccc1Cl. The molecule has 0 saturated carbocycles. The number of nitrogens with one attached hydrogen (secondary N) is 1. The standard InChI is InChI=1S/C25H25ClN6O2/c1-34-24-11-10-17-6-2-4-8-20(17)21(24)15-31-14-19(32-16-28-29-30-32)12-23(31)25(33)27-13-18-7-3-5-9-22(18)26/h2-11,16,19,23H,12-15H2,1H3,(H,27,33)/t19-,23+/m1/s1. The number of amides is 1. The van der Waals surface area contributed by atoms with Crippen molar-refractivity contribution in [1.29, 1.82) is 0 Å². The van der Waals surface area contributed by atoms with E-state index in [0.717, 1.165) is 27.6 Å². The molecule has 0 bridgehead atoms. The molecule has 1 fully saturated rings. The van der Waals surface area contributed by atoms with Gasteiger partial charge in [0.15, 0.2) is 0 Å². The van der Waals surface area contributed by atoms with Gasteiger partial charge in [-0.1, -0.05) is 60.1 Å². The van der Waals surface area contributed by atoms with Gasteiger partial charge in [-0.2, -0.15) is 0 Å². The molecule has 34 heavy (non-hydrogen) atoms. The Kier molecular flexibility index (Phi) is 6.42. The molecular weight excluding hydrogens is 452 g/mol. The van der Waals surface area contributed by atoms with E-state index in [4.69, 9.17) is 16.3 Å². The molecule has 5 rings (SSSR count). The number of halogens is 1. The second-order valence-corrected chi connectivity index (χ2v) is 8.81. The Bertz CT molecular complexity index is 1300. The van der Waals surface area contributed by atoms with E-state index < -0.39 is 0 Å². The van der Waals surface area contributed by atoms with Crippen LogP contribution in [0, 0.1) is 0 Å². The van der Waals surface area contributed by atoms with Crippen LogP contribution in [0.25, 0.3) is 10.8 Å². The maximum Gasteiger partial charge on any atom is 0.237 e. The highest BCUT2D eigenvalue weighted by molar-refractivity contribution is 6.31. The molecule has 0 aliphatic carbocycles. The smallest absolute Gasteiger partial charge is 0.237 e.